The summed E-state index contributed by atoms with van der Waals surface area (Å²) in [6, 6.07) is 10.5. The van der Waals surface area contributed by atoms with Gasteiger partial charge in [-0.2, -0.15) is 0 Å². The van der Waals surface area contributed by atoms with Gasteiger partial charge >= 0.3 is 5.91 Å². The highest BCUT2D eigenvalue weighted by Crippen LogP contribution is 2.36. The Hall–Kier alpha value is -2.38. The summed E-state index contributed by atoms with van der Waals surface area (Å²) >= 11 is 9.27. The summed E-state index contributed by atoms with van der Waals surface area (Å²) in [6.07, 6.45) is -0.835. The monoisotopic (exact) mass is 435 g/mol. The number of aryl methyl sites for hydroxylation is 1. The van der Waals surface area contributed by atoms with Crippen molar-refractivity contribution >= 4 is 50.0 Å². The zero-order valence-electron chi connectivity index (χ0n) is 14.0. The lowest BCUT2D eigenvalue weighted by atomic mass is 10.2. The fourth-order valence-corrected chi connectivity index (χ4v) is 2.99. The van der Waals surface area contributed by atoms with Crippen molar-refractivity contribution < 1.29 is 14.6 Å². The van der Waals surface area contributed by atoms with Crippen LogP contribution in [0, 0.1) is 6.92 Å². The van der Waals surface area contributed by atoms with Crippen LogP contribution in [0.5, 0.6) is 11.6 Å². The first kappa shape index (κ1) is 18.4. The first-order chi connectivity index (χ1) is 12.3. The van der Waals surface area contributed by atoms with Crippen molar-refractivity contribution in [1.29, 1.82) is 0 Å². The van der Waals surface area contributed by atoms with E-state index in [0.29, 0.717) is 21.7 Å². The topological polar surface area (TPSA) is 87.0 Å². The third-order valence-corrected chi connectivity index (χ3v) is 4.48. The van der Waals surface area contributed by atoms with E-state index in [1.165, 1.54) is 0 Å². The lowest BCUT2D eigenvalue weighted by molar-refractivity contribution is -0.124. The summed E-state index contributed by atoms with van der Waals surface area (Å²) in [5.41, 5.74) is 1.70. The molecule has 3 aromatic rings. The maximum absolute atomic E-state index is 12.2. The van der Waals surface area contributed by atoms with Gasteiger partial charge in [0.05, 0.1) is 5.52 Å². The van der Waals surface area contributed by atoms with Gasteiger partial charge < -0.3 is 14.8 Å². The average molecular weight is 437 g/mol. The Morgan fingerprint density at radius 1 is 1.31 bits per heavy atom. The van der Waals surface area contributed by atoms with Gasteiger partial charge in [0.2, 0.25) is 5.88 Å². The number of aromatic hydroxyl groups is 1. The number of carbonyl (C=O) groups excluding carboxylic acids is 1. The van der Waals surface area contributed by atoms with E-state index in [0.717, 1.165) is 10.0 Å². The largest absolute Gasteiger partial charge is 0.493 e. The van der Waals surface area contributed by atoms with Crippen LogP contribution in [0.3, 0.4) is 0 Å². The number of nitrogens with one attached hydrogen (secondary N) is 1. The Morgan fingerprint density at radius 3 is 2.81 bits per heavy atom. The summed E-state index contributed by atoms with van der Waals surface area (Å²) in [6.45, 7) is 3.42. The number of carbonyl (C=O) groups is 1. The van der Waals surface area contributed by atoms with Crippen LogP contribution in [0.15, 0.2) is 51.1 Å². The second-order valence-corrected chi connectivity index (χ2v) is 7.07. The van der Waals surface area contributed by atoms with Crippen molar-refractivity contribution in [1.82, 2.24) is 4.98 Å². The first-order valence-electron chi connectivity index (χ1n) is 7.73. The lowest BCUT2D eigenvalue weighted by Gasteiger charge is -2.13. The summed E-state index contributed by atoms with van der Waals surface area (Å²) in [5.74, 6) is -0.177. The molecule has 2 aromatic carbocycles. The molecule has 1 atom stereocenters. The normalized spacial score (nSPS) is 12.6. The number of H-pyrrole nitrogens is 1. The zero-order valence-corrected chi connectivity index (χ0v) is 16.3. The first-order valence-corrected chi connectivity index (χ1v) is 8.91. The van der Waals surface area contributed by atoms with Crippen LogP contribution in [0.4, 0.5) is 5.69 Å². The minimum Gasteiger partial charge on any atom is -0.493 e. The molecule has 0 aliphatic heterocycles. The van der Waals surface area contributed by atoms with Crippen molar-refractivity contribution in [2.24, 2.45) is 10.2 Å². The highest BCUT2D eigenvalue weighted by molar-refractivity contribution is 9.10. The van der Waals surface area contributed by atoms with Crippen LogP contribution in [-0.4, -0.2) is 22.1 Å². The van der Waals surface area contributed by atoms with Gasteiger partial charge in [0.25, 0.3) is 0 Å². The summed E-state index contributed by atoms with van der Waals surface area (Å²) < 4.78 is 6.45. The zero-order chi connectivity index (χ0) is 18.8. The van der Waals surface area contributed by atoms with Crippen molar-refractivity contribution in [2.75, 3.05) is 0 Å². The molecular formula is C18H15BrClN3O3. The van der Waals surface area contributed by atoms with E-state index in [9.17, 15) is 9.90 Å². The number of amides is 1. The molecule has 134 valence electrons. The highest BCUT2D eigenvalue weighted by atomic mass is 79.9. The van der Waals surface area contributed by atoms with E-state index in [2.05, 4.69) is 31.1 Å². The minimum absolute atomic E-state index is 0.156. The van der Waals surface area contributed by atoms with Crippen molar-refractivity contribution in [3.63, 3.8) is 0 Å². The van der Waals surface area contributed by atoms with Gasteiger partial charge in [0.15, 0.2) is 11.8 Å². The van der Waals surface area contributed by atoms with Gasteiger partial charge in [-0.05, 0) is 55.8 Å². The molecule has 0 bridgehead atoms. The number of hydrogen-bond donors (Lipinski definition) is 2. The molecule has 1 amide bonds. The van der Waals surface area contributed by atoms with E-state index in [4.69, 9.17) is 16.3 Å². The molecule has 0 saturated heterocycles. The van der Waals surface area contributed by atoms with Gasteiger partial charge in [-0.25, -0.2) is 0 Å². The predicted molar refractivity (Wildman–Crippen MR) is 103 cm³/mol. The number of azo groups is 1. The Balaban J connectivity index is 1.79. The van der Waals surface area contributed by atoms with Gasteiger partial charge in [-0.3, -0.25) is 4.79 Å². The number of rotatable bonds is 4. The number of ether oxygens (including phenoxy) is 1. The number of fused-ring (bicyclic) bond motifs is 1. The molecule has 0 aliphatic carbocycles. The smallest absolute Gasteiger partial charge is 0.304 e. The molecule has 0 saturated carbocycles. The second-order valence-electron chi connectivity index (χ2n) is 5.72. The Bertz CT molecular complexity index is 1020. The van der Waals surface area contributed by atoms with E-state index in [1.807, 2.05) is 13.0 Å². The molecule has 26 heavy (non-hydrogen) atoms. The van der Waals surface area contributed by atoms with Crippen molar-refractivity contribution in [2.45, 2.75) is 20.0 Å². The molecule has 1 aromatic heterocycles. The van der Waals surface area contributed by atoms with E-state index >= 15 is 0 Å². The fraction of sp³-hybridized carbons (Fsp3) is 0.167. The van der Waals surface area contributed by atoms with Crippen LogP contribution >= 0.6 is 27.5 Å². The standard InChI is InChI=1S/C18H15BrClN3O3/c1-9-7-12(20)4-6-15(9)26-10(2)17(24)23-22-16-13-8-11(19)3-5-14(13)21-18(16)25/h3-8,10,21,25H,1-2H3/t10-/m1/s1. The number of hydrogen-bond acceptors (Lipinski definition) is 4. The summed E-state index contributed by atoms with van der Waals surface area (Å²) in [7, 11) is 0. The predicted octanol–water partition coefficient (Wildman–Crippen LogP) is 5.68. The van der Waals surface area contributed by atoms with Gasteiger partial charge in [-0.15, -0.1) is 10.2 Å². The average Bonchev–Trinajstić information content (AvgIpc) is 2.89. The van der Waals surface area contributed by atoms with Gasteiger partial charge in [0, 0.05) is 14.9 Å². The minimum atomic E-state index is -0.835. The lowest BCUT2D eigenvalue weighted by Crippen LogP contribution is -2.21. The van der Waals surface area contributed by atoms with Crippen molar-refractivity contribution in [3.05, 3.63) is 51.5 Å². The number of aromatic nitrogens is 1. The summed E-state index contributed by atoms with van der Waals surface area (Å²) in [4.78, 5) is 15.0. The molecule has 6 nitrogen and oxygen atoms in total. The van der Waals surface area contributed by atoms with Crippen LogP contribution in [0.1, 0.15) is 12.5 Å². The number of benzene rings is 2. The third kappa shape index (κ3) is 3.89. The Kier molecular flexibility index (Phi) is 5.29. The van der Waals surface area contributed by atoms with Crippen LogP contribution < -0.4 is 4.74 Å². The van der Waals surface area contributed by atoms with Gasteiger partial charge in [-0.1, -0.05) is 27.5 Å². The quantitative estimate of drug-likeness (QED) is 0.516. The molecule has 2 N–H and O–H groups in total. The van der Waals surface area contributed by atoms with Crippen LogP contribution in [0.25, 0.3) is 10.9 Å². The maximum atomic E-state index is 12.2. The van der Waals surface area contributed by atoms with E-state index in [-0.39, 0.29) is 11.6 Å². The highest BCUT2D eigenvalue weighted by Gasteiger charge is 2.17. The van der Waals surface area contributed by atoms with Gasteiger partial charge in [0.1, 0.15) is 5.75 Å². The van der Waals surface area contributed by atoms with Crippen LogP contribution in [0.2, 0.25) is 5.02 Å². The number of halogens is 2. The number of nitrogens with zero attached hydrogens (tertiary/aromatic N) is 2. The molecule has 0 radical (unpaired) electrons. The SMILES string of the molecule is Cc1cc(Cl)ccc1O[C@H](C)C(=O)N=Nc1c(O)[nH]c2ccc(Br)cc12. The molecule has 8 heteroatoms. The van der Waals surface area contributed by atoms with Crippen LogP contribution in [-0.2, 0) is 4.79 Å². The molecule has 1 heterocycles. The molecule has 0 unspecified atom stereocenters. The van der Waals surface area contributed by atoms with E-state index in [1.54, 1.807) is 37.3 Å². The summed E-state index contributed by atoms with van der Waals surface area (Å²) in [5, 5.41) is 18.8. The van der Waals surface area contributed by atoms with E-state index < -0.39 is 12.0 Å². The number of aromatic amines is 1. The maximum Gasteiger partial charge on any atom is 0.304 e. The molecular weight excluding hydrogens is 422 g/mol. The fourth-order valence-electron chi connectivity index (χ4n) is 2.40. The molecule has 3 rings (SSSR count). The molecule has 0 spiro atoms. The molecule has 0 fully saturated rings. The Morgan fingerprint density at radius 2 is 2.08 bits per heavy atom. The van der Waals surface area contributed by atoms with Crippen molar-refractivity contribution in [3.8, 4) is 11.6 Å². The third-order valence-electron chi connectivity index (χ3n) is 3.75. The second kappa shape index (κ2) is 7.47. The molecule has 0 aliphatic rings. The Labute approximate surface area is 163 Å².